The Morgan fingerprint density at radius 3 is 2.41 bits per heavy atom. The lowest BCUT2D eigenvalue weighted by molar-refractivity contribution is -0.130. The van der Waals surface area contributed by atoms with Gasteiger partial charge < -0.3 is 10.1 Å². The first kappa shape index (κ1) is 14.8. The highest BCUT2D eigenvalue weighted by molar-refractivity contribution is 6.20. The van der Waals surface area contributed by atoms with E-state index in [2.05, 4.69) is 5.32 Å². The molecule has 0 radical (unpaired) electrons. The molecule has 4 heteroatoms. The molecule has 0 aliphatic heterocycles. The van der Waals surface area contributed by atoms with Gasteiger partial charge in [0, 0.05) is 11.9 Å². The normalized spacial score (nSPS) is 25.6. The van der Waals surface area contributed by atoms with Gasteiger partial charge in [-0.1, -0.05) is 0 Å². The number of halogens is 1. The standard InChI is InChI=1S/C13H24ClNO2/c1-13(2,3)17-9-12(16)15-8-10-4-6-11(14)7-5-10/h10-11H,4-9H2,1-3H3,(H,15,16). The first-order valence-corrected chi connectivity index (χ1v) is 6.85. The first-order valence-electron chi connectivity index (χ1n) is 6.41. The summed E-state index contributed by atoms with van der Waals surface area (Å²) in [5.74, 6) is 0.566. The van der Waals surface area contributed by atoms with Crippen molar-refractivity contribution in [2.45, 2.75) is 57.4 Å². The van der Waals surface area contributed by atoms with E-state index in [1.54, 1.807) is 0 Å². The Hall–Kier alpha value is -0.280. The maximum atomic E-state index is 11.5. The molecular weight excluding hydrogens is 238 g/mol. The van der Waals surface area contributed by atoms with E-state index < -0.39 is 0 Å². The number of ether oxygens (including phenoxy) is 1. The zero-order valence-corrected chi connectivity index (χ0v) is 11.8. The van der Waals surface area contributed by atoms with Crippen LogP contribution in [0.15, 0.2) is 0 Å². The predicted octanol–water partition coefficient (Wildman–Crippen LogP) is 2.72. The fourth-order valence-electron chi connectivity index (χ4n) is 1.92. The van der Waals surface area contributed by atoms with E-state index in [9.17, 15) is 4.79 Å². The molecule has 1 rings (SSSR count). The smallest absolute Gasteiger partial charge is 0.246 e. The maximum Gasteiger partial charge on any atom is 0.246 e. The molecule has 3 nitrogen and oxygen atoms in total. The first-order chi connectivity index (χ1) is 7.87. The minimum absolute atomic E-state index is 0.0204. The number of carbonyl (C=O) groups excluding carboxylic acids is 1. The van der Waals surface area contributed by atoms with Gasteiger partial charge in [0.25, 0.3) is 0 Å². The van der Waals surface area contributed by atoms with Gasteiger partial charge in [0.2, 0.25) is 5.91 Å². The van der Waals surface area contributed by atoms with Crippen molar-refractivity contribution in [2.75, 3.05) is 13.2 Å². The Morgan fingerprint density at radius 1 is 1.29 bits per heavy atom. The molecule has 1 amide bonds. The summed E-state index contributed by atoms with van der Waals surface area (Å²) in [6, 6.07) is 0. The quantitative estimate of drug-likeness (QED) is 0.791. The van der Waals surface area contributed by atoms with Gasteiger partial charge in [0.1, 0.15) is 6.61 Å². The lowest BCUT2D eigenvalue weighted by Crippen LogP contribution is -2.36. The van der Waals surface area contributed by atoms with Crippen molar-refractivity contribution in [3.8, 4) is 0 Å². The lowest BCUT2D eigenvalue weighted by atomic mass is 9.89. The van der Waals surface area contributed by atoms with Crippen molar-refractivity contribution < 1.29 is 9.53 Å². The molecule has 0 aromatic carbocycles. The van der Waals surface area contributed by atoms with Crippen LogP contribution in [0.1, 0.15) is 46.5 Å². The van der Waals surface area contributed by atoms with Gasteiger partial charge >= 0.3 is 0 Å². The monoisotopic (exact) mass is 261 g/mol. The van der Waals surface area contributed by atoms with Crippen LogP contribution in [0.25, 0.3) is 0 Å². The minimum Gasteiger partial charge on any atom is -0.366 e. The van der Waals surface area contributed by atoms with Gasteiger partial charge in [0.15, 0.2) is 0 Å². The van der Waals surface area contributed by atoms with Gasteiger partial charge in [-0.25, -0.2) is 0 Å². The summed E-state index contributed by atoms with van der Waals surface area (Å²) < 4.78 is 5.41. The van der Waals surface area contributed by atoms with Crippen LogP contribution in [0.3, 0.4) is 0 Å². The minimum atomic E-state index is -0.256. The number of carbonyl (C=O) groups is 1. The van der Waals surface area contributed by atoms with E-state index in [1.165, 1.54) is 0 Å². The average molecular weight is 262 g/mol. The molecule has 100 valence electrons. The Bertz CT molecular complexity index is 242. The zero-order valence-electron chi connectivity index (χ0n) is 11.1. The molecule has 0 aromatic rings. The number of hydrogen-bond acceptors (Lipinski definition) is 2. The van der Waals surface area contributed by atoms with Crippen molar-refractivity contribution >= 4 is 17.5 Å². The molecule has 0 saturated heterocycles. The number of amides is 1. The molecule has 0 bridgehead atoms. The summed E-state index contributed by atoms with van der Waals surface area (Å²) in [6.45, 7) is 6.75. The highest BCUT2D eigenvalue weighted by Crippen LogP contribution is 2.26. The van der Waals surface area contributed by atoms with Crippen LogP contribution in [0.2, 0.25) is 0 Å². The molecule has 0 aromatic heterocycles. The largest absolute Gasteiger partial charge is 0.366 e. The highest BCUT2D eigenvalue weighted by Gasteiger charge is 2.20. The molecule has 0 unspecified atom stereocenters. The number of nitrogens with one attached hydrogen (secondary N) is 1. The van der Waals surface area contributed by atoms with Crippen molar-refractivity contribution in [3.63, 3.8) is 0 Å². The second kappa shape index (κ2) is 6.60. The van der Waals surface area contributed by atoms with Gasteiger partial charge in [0.05, 0.1) is 5.60 Å². The van der Waals surface area contributed by atoms with Crippen molar-refractivity contribution in [1.82, 2.24) is 5.32 Å². The fraction of sp³-hybridized carbons (Fsp3) is 0.923. The zero-order chi connectivity index (χ0) is 12.9. The average Bonchev–Trinajstić information content (AvgIpc) is 2.25. The van der Waals surface area contributed by atoms with Crippen LogP contribution in [0.5, 0.6) is 0 Å². The summed E-state index contributed by atoms with van der Waals surface area (Å²) in [7, 11) is 0. The number of hydrogen-bond donors (Lipinski definition) is 1. The third-order valence-electron chi connectivity index (χ3n) is 3.00. The molecule has 0 spiro atoms. The molecule has 1 saturated carbocycles. The van der Waals surface area contributed by atoms with E-state index in [0.29, 0.717) is 11.3 Å². The van der Waals surface area contributed by atoms with Crippen LogP contribution < -0.4 is 5.32 Å². The summed E-state index contributed by atoms with van der Waals surface area (Å²) in [4.78, 5) is 11.5. The molecule has 0 heterocycles. The van der Waals surface area contributed by atoms with Crippen molar-refractivity contribution in [1.29, 1.82) is 0 Å². The van der Waals surface area contributed by atoms with Crippen LogP contribution in [0, 0.1) is 5.92 Å². The Balaban J connectivity index is 2.11. The molecular formula is C13H24ClNO2. The van der Waals surface area contributed by atoms with Gasteiger partial charge in [-0.2, -0.15) is 0 Å². The number of alkyl halides is 1. The number of rotatable bonds is 4. The van der Waals surface area contributed by atoms with Crippen LogP contribution in [-0.4, -0.2) is 30.0 Å². The Kier molecular flexibility index (Phi) is 5.74. The summed E-state index contributed by atoms with van der Waals surface area (Å²) in [5.41, 5.74) is -0.256. The topological polar surface area (TPSA) is 38.3 Å². The van der Waals surface area contributed by atoms with E-state index in [4.69, 9.17) is 16.3 Å². The third-order valence-corrected chi connectivity index (χ3v) is 3.44. The molecule has 17 heavy (non-hydrogen) atoms. The van der Waals surface area contributed by atoms with E-state index in [0.717, 1.165) is 32.2 Å². The Labute approximate surface area is 109 Å². The van der Waals surface area contributed by atoms with E-state index in [1.807, 2.05) is 20.8 Å². The molecule has 1 aliphatic rings. The fourth-order valence-corrected chi connectivity index (χ4v) is 2.17. The SMILES string of the molecule is CC(C)(C)OCC(=O)NCC1CCC(Cl)CC1. The summed E-state index contributed by atoms with van der Waals surface area (Å²) in [5, 5.41) is 3.27. The van der Waals surface area contributed by atoms with Crippen molar-refractivity contribution in [2.24, 2.45) is 5.92 Å². The van der Waals surface area contributed by atoms with Crippen LogP contribution in [0.4, 0.5) is 0 Å². The predicted molar refractivity (Wildman–Crippen MR) is 70.3 cm³/mol. The van der Waals surface area contributed by atoms with Gasteiger partial charge in [-0.3, -0.25) is 4.79 Å². The molecule has 1 fully saturated rings. The lowest BCUT2D eigenvalue weighted by Gasteiger charge is -2.25. The highest BCUT2D eigenvalue weighted by atomic mass is 35.5. The summed E-state index contributed by atoms with van der Waals surface area (Å²) >= 11 is 6.04. The van der Waals surface area contributed by atoms with Crippen LogP contribution in [-0.2, 0) is 9.53 Å². The second-order valence-corrected chi connectivity index (χ2v) is 6.44. The van der Waals surface area contributed by atoms with E-state index in [-0.39, 0.29) is 18.1 Å². The van der Waals surface area contributed by atoms with Crippen LogP contribution >= 0.6 is 11.6 Å². The molecule has 1 aliphatic carbocycles. The Morgan fingerprint density at radius 2 is 1.88 bits per heavy atom. The second-order valence-electron chi connectivity index (χ2n) is 5.82. The third kappa shape index (κ3) is 6.89. The molecule has 0 atom stereocenters. The van der Waals surface area contributed by atoms with Gasteiger partial charge in [-0.15, -0.1) is 11.6 Å². The summed E-state index contributed by atoms with van der Waals surface area (Å²) in [6.07, 6.45) is 4.38. The van der Waals surface area contributed by atoms with E-state index >= 15 is 0 Å². The molecule has 1 N–H and O–H groups in total. The maximum absolute atomic E-state index is 11.5. The van der Waals surface area contributed by atoms with Gasteiger partial charge in [-0.05, 0) is 52.4 Å². The van der Waals surface area contributed by atoms with Crippen molar-refractivity contribution in [3.05, 3.63) is 0 Å².